The highest BCUT2D eigenvalue weighted by Gasteiger charge is 2.13. The molecule has 0 saturated heterocycles. The molecule has 0 spiro atoms. The van der Waals surface area contributed by atoms with E-state index in [-0.39, 0.29) is 11.7 Å². The van der Waals surface area contributed by atoms with Crippen LogP contribution < -0.4 is 4.74 Å². The van der Waals surface area contributed by atoms with E-state index in [4.69, 9.17) is 4.74 Å². The Hall–Kier alpha value is -2.82. The molecule has 0 fully saturated rings. The third-order valence-electron chi connectivity index (χ3n) is 3.60. The van der Waals surface area contributed by atoms with Crippen molar-refractivity contribution in [3.8, 4) is 17.3 Å². The molecule has 0 radical (unpaired) electrons. The lowest BCUT2D eigenvalue weighted by Crippen LogP contribution is -2.01. The van der Waals surface area contributed by atoms with Gasteiger partial charge >= 0.3 is 0 Å². The molecular formula is C17H16N2O3. The van der Waals surface area contributed by atoms with Crippen molar-refractivity contribution in [1.82, 2.24) is 9.78 Å². The standard InChI is InChI=1S/C17H16N2O3/c1-3-16(20)11-5-4-6-12(9-11)19-15-8-7-13(22-2)10-14(15)17(21)18-19/h4-10H,3H2,1-2H3,(H,18,21). The van der Waals surface area contributed by atoms with Gasteiger partial charge in [-0.25, -0.2) is 4.68 Å². The van der Waals surface area contributed by atoms with Crippen LogP contribution in [0.15, 0.2) is 42.5 Å². The van der Waals surface area contributed by atoms with E-state index in [0.717, 1.165) is 11.2 Å². The average Bonchev–Trinajstić information content (AvgIpc) is 2.90. The molecule has 22 heavy (non-hydrogen) atoms. The summed E-state index contributed by atoms with van der Waals surface area (Å²) in [5.41, 5.74) is 2.12. The maximum Gasteiger partial charge on any atom is 0.238 e. The van der Waals surface area contributed by atoms with Gasteiger partial charge in [0.05, 0.1) is 23.7 Å². The summed E-state index contributed by atoms with van der Waals surface area (Å²) in [5, 5.41) is 14.8. The van der Waals surface area contributed by atoms with E-state index >= 15 is 0 Å². The second-order valence-electron chi connectivity index (χ2n) is 4.95. The van der Waals surface area contributed by atoms with Crippen molar-refractivity contribution in [1.29, 1.82) is 0 Å². The monoisotopic (exact) mass is 296 g/mol. The smallest absolute Gasteiger partial charge is 0.238 e. The zero-order valence-electron chi connectivity index (χ0n) is 12.4. The molecule has 5 heteroatoms. The molecule has 5 nitrogen and oxygen atoms in total. The Balaban J connectivity index is 2.16. The van der Waals surface area contributed by atoms with Crippen LogP contribution in [0, 0.1) is 0 Å². The molecule has 2 aromatic carbocycles. The third kappa shape index (κ3) is 2.30. The highest BCUT2D eigenvalue weighted by atomic mass is 16.5. The number of ketones is 1. The normalized spacial score (nSPS) is 10.8. The largest absolute Gasteiger partial charge is 0.497 e. The predicted molar refractivity (Wildman–Crippen MR) is 83.9 cm³/mol. The van der Waals surface area contributed by atoms with Crippen molar-refractivity contribution in [3.63, 3.8) is 0 Å². The molecule has 0 bridgehead atoms. The Morgan fingerprint density at radius 1 is 1.27 bits per heavy atom. The minimum absolute atomic E-state index is 0.0684. The second kappa shape index (κ2) is 5.52. The molecular weight excluding hydrogens is 280 g/mol. The average molecular weight is 296 g/mol. The molecule has 0 aliphatic heterocycles. The lowest BCUT2D eigenvalue weighted by Gasteiger charge is -2.06. The highest BCUT2D eigenvalue weighted by molar-refractivity contribution is 5.96. The van der Waals surface area contributed by atoms with Crippen LogP contribution in [0.1, 0.15) is 23.7 Å². The number of aromatic nitrogens is 2. The van der Waals surface area contributed by atoms with Crippen LogP contribution in [0.5, 0.6) is 11.6 Å². The Kier molecular flexibility index (Phi) is 3.55. The molecule has 3 aromatic rings. The quantitative estimate of drug-likeness (QED) is 0.750. The molecule has 0 aliphatic carbocycles. The van der Waals surface area contributed by atoms with Gasteiger partial charge in [-0.05, 0) is 30.3 Å². The van der Waals surface area contributed by atoms with Gasteiger partial charge in [-0.1, -0.05) is 19.1 Å². The van der Waals surface area contributed by atoms with Gasteiger partial charge in [0.25, 0.3) is 0 Å². The fourth-order valence-corrected chi connectivity index (χ4v) is 2.42. The zero-order valence-corrected chi connectivity index (χ0v) is 12.4. The minimum atomic E-state index is -0.0684. The van der Waals surface area contributed by atoms with Gasteiger partial charge < -0.3 is 9.84 Å². The first-order chi connectivity index (χ1) is 10.6. The van der Waals surface area contributed by atoms with Gasteiger partial charge in [-0.2, -0.15) is 0 Å². The number of aromatic hydroxyl groups is 1. The predicted octanol–water partition coefficient (Wildman–Crippen LogP) is 3.33. The van der Waals surface area contributed by atoms with Crippen molar-refractivity contribution < 1.29 is 14.6 Å². The molecule has 1 aromatic heterocycles. The first kappa shape index (κ1) is 14.1. The van der Waals surface area contributed by atoms with Crippen LogP contribution in [-0.4, -0.2) is 27.8 Å². The molecule has 3 rings (SSSR count). The molecule has 112 valence electrons. The number of hydrogen-bond donors (Lipinski definition) is 1. The number of rotatable bonds is 4. The van der Waals surface area contributed by atoms with E-state index in [1.807, 2.05) is 25.1 Å². The second-order valence-corrected chi connectivity index (χ2v) is 4.95. The SMILES string of the molecule is CCC(=O)c1cccc(-n2nc(O)c3cc(OC)ccc32)c1. The molecule has 0 unspecified atom stereocenters. The van der Waals surface area contributed by atoms with E-state index in [1.54, 1.807) is 36.1 Å². The van der Waals surface area contributed by atoms with E-state index in [9.17, 15) is 9.90 Å². The van der Waals surface area contributed by atoms with Crippen LogP contribution in [0.3, 0.4) is 0 Å². The van der Waals surface area contributed by atoms with Gasteiger partial charge in [-0.15, -0.1) is 5.10 Å². The Bertz CT molecular complexity index is 852. The number of carbonyl (C=O) groups is 1. The molecule has 1 heterocycles. The van der Waals surface area contributed by atoms with E-state index in [0.29, 0.717) is 23.1 Å². The molecule has 1 N–H and O–H groups in total. The summed E-state index contributed by atoms with van der Waals surface area (Å²) in [6.07, 6.45) is 0.450. The summed E-state index contributed by atoms with van der Waals surface area (Å²) in [6.45, 7) is 1.83. The fourth-order valence-electron chi connectivity index (χ4n) is 2.42. The van der Waals surface area contributed by atoms with Crippen molar-refractivity contribution in [2.45, 2.75) is 13.3 Å². The highest BCUT2D eigenvalue weighted by Crippen LogP contribution is 2.30. The minimum Gasteiger partial charge on any atom is -0.497 e. The number of hydrogen-bond acceptors (Lipinski definition) is 4. The first-order valence-electron chi connectivity index (χ1n) is 7.03. The maximum atomic E-state index is 11.9. The fraction of sp³-hybridized carbons (Fsp3) is 0.176. The van der Waals surface area contributed by atoms with Gasteiger partial charge in [0, 0.05) is 12.0 Å². The Morgan fingerprint density at radius 3 is 2.82 bits per heavy atom. The van der Waals surface area contributed by atoms with Crippen molar-refractivity contribution in [3.05, 3.63) is 48.0 Å². The number of Topliss-reactive ketones (excluding diaryl/α,β-unsaturated/α-hetero) is 1. The topological polar surface area (TPSA) is 64.4 Å². The number of fused-ring (bicyclic) bond motifs is 1. The molecule has 0 aliphatic rings. The van der Waals surface area contributed by atoms with Crippen LogP contribution in [0.4, 0.5) is 0 Å². The van der Waals surface area contributed by atoms with E-state index < -0.39 is 0 Å². The number of nitrogens with zero attached hydrogens (tertiary/aromatic N) is 2. The molecule has 0 saturated carbocycles. The van der Waals surface area contributed by atoms with Gasteiger partial charge in [0.2, 0.25) is 5.88 Å². The summed E-state index contributed by atoms with van der Waals surface area (Å²) in [6, 6.07) is 12.6. The van der Waals surface area contributed by atoms with E-state index in [2.05, 4.69) is 5.10 Å². The summed E-state index contributed by atoms with van der Waals surface area (Å²) in [4.78, 5) is 11.9. The number of carbonyl (C=O) groups excluding carboxylic acids is 1. The molecule has 0 atom stereocenters. The van der Waals surface area contributed by atoms with E-state index in [1.165, 1.54) is 0 Å². The summed E-state index contributed by atoms with van der Waals surface area (Å²) < 4.78 is 6.79. The lowest BCUT2D eigenvalue weighted by atomic mass is 10.1. The maximum absolute atomic E-state index is 11.9. The zero-order chi connectivity index (χ0) is 15.7. The molecule has 0 amide bonds. The number of ether oxygens (including phenoxy) is 1. The van der Waals surface area contributed by atoms with Gasteiger partial charge in [0.1, 0.15) is 5.75 Å². The van der Waals surface area contributed by atoms with Crippen LogP contribution in [-0.2, 0) is 0 Å². The van der Waals surface area contributed by atoms with Crippen LogP contribution in [0.25, 0.3) is 16.6 Å². The summed E-state index contributed by atoms with van der Waals surface area (Å²) in [7, 11) is 1.57. The van der Waals surface area contributed by atoms with Gasteiger partial charge in [-0.3, -0.25) is 4.79 Å². The third-order valence-corrected chi connectivity index (χ3v) is 3.60. The summed E-state index contributed by atoms with van der Waals surface area (Å²) >= 11 is 0. The van der Waals surface area contributed by atoms with Crippen molar-refractivity contribution in [2.24, 2.45) is 0 Å². The number of methoxy groups -OCH3 is 1. The Morgan fingerprint density at radius 2 is 2.09 bits per heavy atom. The lowest BCUT2D eigenvalue weighted by molar-refractivity contribution is 0.0988. The van der Waals surface area contributed by atoms with Crippen LogP contribution in [0.2, 0.25) is 0 Å². The number of benzene rings is 2. The van der Waals surface area contributed by atoms with Crippen LogP contribution >= 0.6 is 0 Å². The first-order valence-corrected chi connectivity index (χ1v) is 7.03. The summed E-state index contributed by atoms with van der Waals surface area (Å²) in [5.74, 6) is 0.655. The van der Waals surface area contributed by atoms with Crippen molar-refractivity contribution in [2.75, 3.05) is 7.11 Å². The van der Waals surface area contributed by atoms with Gasteiger partial charge in [0.15, 0.2) is 5.78 Å². The Labute approximate surface area is 127 Å². The van der Waals surface area contributed by atoms with Crippen molar-refractivity contribution >= 4 is 16.7 Å².